The summed E-state index contributed by atoms with van der Waals surface area (Å²) in [6.07, 6.45) is 1.77. The normalized spacial score (nSPS) is 12.8. The number of carbonyl (C=O) groups is 1. The van der Waals surface area contributed by atoms with Crippen molar-refractivity contribution in [1.82, 2.24) is 5.32 Å². The van der Waals surface area contributed by atoms with E-state index in [1.807, 2.05) is 61.5 Å². The molecule has 2 atom stereocenters. The lowest BCUT2D eigenvalue weighted by atomic mass is 9.98. The molecular weight excluding hydrogens is 343 g/mol. The molecule has 0 aliphatic heterocycles. The molecule has 1 amide bonds. The maximum atomic E-state index is 12.2. The largest absolute Gasteiger partial charge is 0.349 e. The lowest BCUT2D eigenvalue weighted by Gasteiger charge is -2.20. The van der Waals surface area contributed by atoms with Gasteiger partial charge in [-0.25, -0.2) is 0 Å². The maximum absolute atomic E-state index is 12.2. The van der Waals surface area contributed by atoms with Crippen LogP contribution < -0.4 is 11.1 Å². The van der Waals surface area contributed by atoms with Gasteiger partial charge in [-0.05, 0) is 37.0 Å². The Labute approximate surface area is 155 Å². The molecule has 0 saturated carbocycles. The third kappa shape index (κ3) is 6.52. The Morgan fingerprint density at radius 1 is 1.12 bits per heavy atom. The van der Waals surface area contributed by atoms with Crippen LogP contribution in [0.2, 0.25) is 5.02 Å². The zero-order chi connectivity index (χ0) is 16.7. The van der Waals surface area contributed by atoms with Gasteiger partial charge in [-0.15, -0.1) is 12.4 Å². The summed E-state index contributed by atoms with van der Waals surface area (Å²) < 4.78 is 0. The molecule has 5 heteroatoms. The lowest BCUT2D eigenvalue weighted by molar-refractivity contribution is -0.122. The summed E-state index contributed by atoms with van der Waals surface area (Å²) in [5.41, 5.74) is 7.82. The van der Waals surface area contributed by atoms with Crippen LogP contribution in [0.5, 0.6) is 0 Å². The number of nitrogens with one attached hydrogen (secondary N) is 1. The van der Waals surface area contributed by atoms with E-state index in [0.717, 1.165) is 16.1 Å². The van der Waals surface area contributed by atoms with E-state index in [-0.39, 0.29) is 30.4 Å². The summed E-state index contributed by atoms with van der Waals surface area (Å²) in [5, 5.41) is 3.83. The monoisotopic (exact) mass is 366 g/mol. The zero-order valence-electron chi connectivity index (χ0n) is 13.7. The molecule has 2 aromatic rings. The van der Waals surface area contributed by atoms with Gasteiger partial charge < -0.3 is 11.1 Å². The number of halogens is 2. The molecule has 24 heavy (non-hydrogen) atoms. The van der Waals surface area contributed by atoms with Gasteiger partial charge in [0.05, 0.1) is 6.04 Å². The number of carbonyl (C=O) groups excluding carboxylic acids is 1. The van der Waals surface area contributed by atoms with Crippen molar-refractivity contribution in [3.63, 3.8) is 0 Å². The number of amides is 1. The molecular formula is C19H24Cl2N2O. The summed E-state index contributed by atoms with van der Waals surface area (Å²) in [7, 11) is 0. The molecule has 0 fully saturated rings. The van der Waals surface area contributed by atoms with Crippen molar-refractivity contribution < 1.29 is 4.79 Å². The zero-order valence-corrected chi connectivity index (χ0v) is 15.3. The second-order valence-corrected chi connectivity index (χ2v) is 6.25. The van der Waals surface area contributed by atoms with E-state index in [9.17, 15) is 4.79 Å². The van der Waals surface area contributed by atoms with E-state index in [2.05, 4.69) is 5.32 Å². The van der Waals surface area contributed by atoms with Crippen molar-refractivity contribution in [3.8, 4) is 0 Å². The minimum Gasteiger partial charge on any atom is -0.349 e. The molecule has 2 aromatic carbocycles. The number of rotatable bonds is 7. The summed E-state index contributed by atoms with van der Waals surface area (Å²) in [5.74, 6) is 0.0169. The van der Waals surface area contributed by atoms with Crippen LogP contribution in [0, 0.1) is 0 Å². The van der Waals surface area contributed by atoms with Gasteiger partial charge in [0.2, 0.25) is 5.91 Å². The first-order valence-electron chi connectivity index (χ1n) is 7.89. The third-order valence-corrected chi connectivity index (χ3v) is 4.11. The smallest absolute Gasteiger partial charge is 0.220 e. The van der Waals surface area contributed by atoms with E-state index in [1.54, 1.807) is 0 Å². The minimum atomic E-state index is -0.100. The molecule has 0 heterocycles. The predicted molar refractivity (Wildman–Crippen MR) is 103 cm³/mol. The minimum absolute atomic E-state index is 0. The highest BCUT2D eigenvalue weighted by Gasteiger charge is 2.16. The number of benzene rings is 2. The SMILES string of the molecule is CC(N)CCC(=O)NC(Cc1ccccc1Cl)c1ccccc1.Cl. The van der Waals surface area contributed by atoms with Gasteiger partial charge in [0.1, 0.15) is 0 Å². The van der Waals surface area contributed by atoms with E-state index >= 15 is 0 Å². The van der Waals surface area contributed by atoms with Crippen molar-refractivity contribution in [2.24, 2.45) is 5.73 Å². The fourth-order valence-corrected chi connectivity index (χ4v) is 2.66. The highest BCUT2D eigenvalue weighted by atomic mass is 35.5. The van der Waals surface area contributed by atoms with Gasteiger partial charge in [0, 0.05) is 17.5 Å². The standard InChI is InChI=1S/C19H23ClN2O.ClH/c1-14(21)11-12-19(23)22-18(15-7-3-2-4-8-15)13-16-9-5-6-10-17(16)20;/h2-10,14,18H,11-13,21H2,1H3,(H,22,23);1H. The fraction of sp³-hybridized carbons (Fsp3) is 0.316. The maximum Gasteiger partial charge on any atom is 0.220 e. The Hall–Kier alpha value is -1.55. The molecule has 0 aliphatic rings. The summed E-state index contributed by atoms with van der Waals surface area (Å²) >= 11 is 6.27. The molecule has 130 valence electrons. The second kappa shape index (κ2) is 10.3. The van der Waals surface area contributed by atoms with Crippen LogP contribution in [0.3, 0.4) is 0 Å². The molecule has 0 aliphatic carbocycles. The van der Waals surface area contributed by atoms with Crippen LogP contribution in [0.25, 0.3) is 0 Å². The molecule has 0 aromatic heterocycles. The molecule has 2 unspecified atom stereocenters. The van der Waals surface area contributed by atoms with E-state index < -0.39 is 0 Å². The quantitative estimate of drug-likeness (QED) is 0.767. The van der Waals surface area contributed by atoms with Crippen LogP contribution in [0.15, 0.2) is 54.6 Å². The van der Waals surface area contributed by atoms with Crippen molar-refractivity contribution in [3.05, 3.63) is 70.7 Å². The summed E-state index contributed by atoms with van der Waals surface area (Å²) in [4.78, 5) is 12.2. The molecule has 0 spiro atoms. The number of nitrogens with two attached hydrogens (primary N) is 1. The van der Waals surface area contributed by atoms with Gasteiger partial charge >= 0.3 is 0 Å². The second-order valence-electron chi connectivity index (χ2n) is 5.84. The molecule has 3 nitrogen and oxygen atoms in total. The van der Waals surface area contributed by atoms with Crippen LogP contribution in [-0.4, -0.2) is 11.9 Å². The van der Waals surface area contributed by atoms with Gasteiger partial charge in [-0.1, -0.05) is 60.1 Å². The lowest BCUT2D eigenvalue weighted by Crippen LogP contribution is -2.31. The van der Waals surface area contributed by atoms with E-state index in [0.29, 0.717) is 19.3 Å². The summed E-state index contributed by atoms with van der Waals surface area (Å²) in [6.45, 7) is 1.91. The first-order chi connectivity index (χ1) is 11.1. The van der Waals surface area contributed by atoms with Crippen LogP contribution in [0.4, 0.5) is 0 Å². The van der Waals surface area contributed by atoms with Gasteiger partial charge in [0.15, 0.2) is 0 Å². The van der Waals surface area contributed by atoms with E-state index in [1.165, 1.54) is 0 Å². The molecule has 0 saturated heterocycles. The fourth-order valence-electron chi connectivity index (χ4n) is 2.45. The Kier molecular flexibility index (Phi) is 8.83. The van der Waals surface area contributed by atoms with E-state index in [4.69, 9.17) is 17.3 Å². The average Bonchev–Trinajstić information content (AvgIpc) is 2.55. The average molecular weight is 367 g/mol. The van der Waals surface area contributed by atoms with Gasteiger partial charge in [-0.3, -0.25) is 4.79 Å². The first-order valence-corrected chi connectivity index (χ1v) is 8.27. The number of hydrogen-bond acceptors (Lipinski definition) is 2. The molecule has 0 radical (unpaired) electrons. The molecule has 0 bridgehead atoms. The van der Waals surface area contributed by atoms with Crippen LogP contribution >= 0.6 is 24.0 Å². The van der Waals surface area contributed by atoms with Gasteiger partial charge in [0.25, 0.3) is 0 Å². The van der Waals surface area contributed by atoms with Crippen LogP contribution in [-0.2, 0) is 11.2 Å². The Bertz CT molecular complexity index is 632. The Morgan fingerprint density at radius 2 is 1.75 bits per heavy atom. The van der Waals surface area contributed by atoms with Crippen molar-refractivity contribution in [2.75, 3.05) is 0 Å². The van der Waals surface area contributed by atoms with Gasteiger partial charge in [-0.2, -0.15) is 0 Å². The van der Waals surface area contributed by atoms with Crippen molar-refractivity contribution in [2.45, 2.75) is 38.3 Å². The molecule has 3 N–H and O–H groups in total. The van der Waals surface area contributed by atoms with Crippen molar-refractivity contribution >= 4 is 29.9 Å². The first kappa shape index (κ1) is 20.5. The van der Waals surface area contributed by atoms with Crippen LogP contribution in [0.1, 0.15) is 36.9 Å². The Balaban J connectivity index is 0.00000288. The molecule has 2 rings (SSSR count). The topological polar surface area (TPSA) is 55.1 Å². The predicted octanol–water partition coefficient (Wildman–Crippen LogP) is 4.29. The third-order valence-electron chi connectivity index (χ3n) is 3.75. The highest BCUT2D eigenvalue weighted by molar-refractivity contribution is 6.31. The number of hydrogen-bond donors (Lipinski definition) is 2. The Morgan fingerprint density at radius 3 is 2.38 bits per heavy atom. The van der Waals surface area contributed by atoms with Crippen molar-refractivity contribution in [1.29, 1.82) is 0 Å². The highest BCUT2D eigenvalue weighted by Crippen LogP contribution is 2.23. The summed E-state index contributed by atoms with van der Waals surface area (Å²) in [6, 6.07) is 17.6.